The van der Waals surface area contributed by atoms with Gasteiger partial charge in [0.1, 0.15) is 12.4 Å². The van der Waals surface area contributed by atoms with Gasteiger partial charge in [0.15, 0.2) is 0 Å². The zero-order valence-electron chi connectivity index (χ0n) is 16.7. The number of rotatable bonds is 8. The Hall–Kier alpha value is -2.58. The summed E-state index contributed by atoms with van der Waals surface area (Å²) in [5.74, 6) is 1.05. The molecule has 0 fully saturated rings. The van der Waals surface area contributed by atoms with Gasteiger partial charge >= 0.3 is 0 Å². The largest absolute Gasteiger partial charge is 0.492 e. The Bertz CT molecular complexity index is 877. The molecular formula is C26H29NO. The van der Waals surface area contributed by atoms with Crippen molar-refractivity contribution in [3.63, 3.8) is 0 Å². The second kappa shape index (κ2) is 8.62. The van der Waals surface area contributed by atoms with Crippen molar-refractivity contribution in [2.45, 2.75) is 24.7 Å². The van der Waals surface area contributed by atoms with Crippen LogP contribution in [0.15, 0.2) is 84.9 Å². The third-order valence-electron chi connectivity index (χ3n) is 5.97. The molecule has 0 bridgehead atoms. The molecule has 1 aliphatic rings. The molecule has 28 heavy (non-hydrogen) atoms. The van der Waals surface area contributed by atoms with Crippen LogP contribution in [-0.4, -0.2) is 31.6 Å². The van der Waals surface area contributed by atoms with Gasteiger partial charge in [-0.05, 0) is 50.0 Å². The van der Waals surface area contributed by atoms with Crippen LogP contribution >= 0.6 is 0 Å². The summed E-state index contributed by atoms with van der Waals surface area (Å²) in [6, 6.07) is 30.2. The number of hydrogen-bond acceptors (Lipinski definition) is 2. The summed E-state index contributed by atoms with van der Waals surface area (Å²) in [5.41, 5.74) is 4.09. The summed E-state index contributed by atoms with van der Waals surface area (Å²) >= 11 is 0. The van der Waals surface area contributed by atoms with E-state index in [4.69, 9.17) is 4.74 Å². The highest BCUT2D eigenvalue weighted by Crippen LogP contribution is 2.46. The van der Waals surface area contributed by atoms with Crippen LogP contribution in [0.5, 0.6) is 5.75 Å². The fourth-order valence-electron chi connectivity index (χ4n) is 4.34. The first-order valence-electron chi connectivity index (χ1n) is 10.3. The zero-order valence-corrected chi connectivity index (χ0v) is 16.7. The highest BCUT2D eigenvalue weighted by Gasteiger charge is 2.41. The SMILES string of the molecule is CN(CCCC1(c2ccccc2)COc2ccccc21)CCc1ccccc1. The monoisotopic (exact) mass is 371 g/mol. The van der Waals surface area contributed by atoms with Crippen molar-refractivity contribution in [2.24, 2.45) is 0 Å². The van der Waals surface area contributed by atoms with E-state index in [0.29, 0.717) is 0 Å². The molecule has 0 N–H and O–H groups in total. The van der Waals surface area contributed by atoms with Crippen LogP contribution in [0.25, 0.3) is 0 Å². The van der Waals surface area contributed by atoms with E-state index in [9.17, 15) is 0 Å². The quantitative estimate of drug-likeness (QED) is 0.531. The summed E-state index contributed by atoms with van der Waals surface area (Å²) in [4.78, 5) is 2.45. The van der Waals surface area contributed by atoms with Crippen LogP contribution in [0.4, 0.5) is 0 Å². The average Bonchev–Trinajstić information content (AvgIpc) is 3.14. The van der Waals surface area contributed by atoms with E-state index < -0.39 is 0 Å². The molecule has 2 heteroatoms. The molecule has 0 saturated carbocycles. The van der Waals surface area contributed by atoms with Crippen molar-refractivity contribution in [3.8, 4) is 5.75 Å². The van der Waals surface area contributed by atoms with E-state index >= 15 is 0 Å². The van der Waals surface area contributed by atoms with Gasteiger partial charge in [0.2, 0.25) is 0 Å². The minimum Gasteiger partial charge on any atom is -0.492 e. The molecule has 0 spiro atoms. The first-order valence-corrected chi connectivity index (χ1v) is 10.3. The molecule has 4 rings (SSSR count). The first kappa shape index (κ1) is 18.8. The van der Waals surface area contributed by atoms with Gasteiger partial charge in [-0.15, -0.1) is 0 Å². The number of ether oxygens (including phenoxy) is 1. The van der Waals surface area contributed by atoms with E-state index in [1.807, 2.05) is 0 Å². The Morgan fingerprint density at radius 2 is 1.50 bits per heavy atom. The number of fused-ring (bicyclic) bond motifs is 1. The van der Waals surface area contributed by atoms with Gasteiger partial charge in [0.25, 0.3) is 0 Å². The second-order valence-corrected chi connectivity index (χ2v) is 7.88. The van der Waals surface area contributed by atoms with E-state index in [-0.39, 0.29) is 5.41 Å². The third-order valence-corrected chi connectivity index (χ3v) is 5.97. The van der Waals surface area contributed by atoms with Crippen LogP contribution in [0.1, 0.15) is 29.5 Å². The summed E-state index contributed by atoms with van der Waals surface area (Å²) in [6.45, 7) is 2.93. The van der Waals surface area contributed by atoms with Crippen molar-refractivity contribution in [1.29, 1.82) is 0 Å². The summed E-state index contributed by atoms with van der Waals surface area (Å²) < 4.78 is 6.12. The molecule has 0 saturated heterocycles. The van der Waals surface area contributed by atoms with Crippen molar-refractivity contribution in [2.75, 3.05) is 26.7 Å². The lowest BCUT2D eigenvalue weighted by molar-refractivity contribution is 0.263. The molecule has 1 unspecified atom stereocenters. The van der Waals surface area contributed by atoms with E-state index in [1.54, 1.807) is 0 Å². The predicted molar refractivity (Wildman–Crippen MR) is 116 cm³/mol. The molecule has 144 valence electrons. The number of hydrogen-bond donors (Lipinski definition) is 0. The number of nitrogens with zero attached hydrogens (tertiary/aromatic N) is 1. The second-order valence-electron chi connectivity index (χ2n) is 7.88. The molecule has 0 aromatic heterocycles. The number of para-hydroxylation sites is 1. The minimum absolute atomic E-state index is 0.0296. The van der Waals surface area contributed by atoms with E-state index in [1.165, 1.54) is 16.7 Å². The maximum Gasteiger partial charge on any atom is 0.123 e. The molecule has 2 nitrogen and oxygen atoms in total. The van der Waals surface area contributed by atoms with E-state index in [0.717, 1.165) is 44.7 Å². The Morgan fingerprint density at radius 3 is 2.29 bits per heavy atom. The lowest BCUT2D eigenvalue weighted by Crippen LogP contribution is -2.31. The summed E-state index contributed by atoms with van der Waals surface area (Å²) in [6.07, 6.45) is 3.36. The fourth-order valence-corrected chi connectivity index (χ4v) is 4.34. The Morgan fingerprint density at radius 1 is 0.821 bits per heavy atom. The number of likely N-dealkylation sites (N-methyl/N-ethyl adjacent to an activating group) is 1. The average molecular weight is 372 g/mol. The number of benzene rings is 3. The molecule has 0 amide bonds. The molecule has 3 aromatic rings. The predicted octanol–water partition coefficient (Wildman–Crippen LogP) is 5.32. The Kier molecular flexibility index (Phi) is 5.78. The van der Waals surface area contributed by atoms with Crippen LogP contribution in [-0.2, 0) is 11.8 Å². The molecule has 0 aliphatic carbocycles. The van der Waals surface area contributed by atoms with Crippen LogP contribution in [0.3, 0.4) is 0 Å². The van der Waals surface area contributed by atoms with Crippen molar-refractivity contribution < 1.29 is 4.74 Å². The fraction of sp³-hybridized carbons (Fsp3) is 0.308. The van der Waals surface area contributed by atoms with Gasteiger partial charge in [-0.1, -0.05) is 78.9 Å². The smallest absolute Gasteiger partial charge is 0.123 e. The normalized spacial score (nSPS) is 18.1. The van der Waals surface area contributed by atoms with Crippen LogP contribution in [0, 0.1) is 0 Å². The zero-order chi connectivity index (χ0) is 19.2. The lowest BCUT2D eigenvalue weighted by Gasteiger charge is -2.30. The highest BCUT2D eigenvalue weighted by atomic mass is 16.5. The van der Waals surface area contributed by atoms with Crippen molar-refractivity contribution >= 4 is 0 Å². The Labute approximate surface area is 168 Å². The van der Waals surface area contributed by atoms with Crippen LogP contribution < -0.4 is 4.74 Å². The maximum absolute atomic E-state index is 6.12. The molecule has 1 aliphatic heterocycles. The molecule has 1 atom stereocenters. The highest BCUT2D eigenvalue weighted by molar-refractivity contribution is 5.50. The van der Waals surface area contributed by atoms with Crippen molar-refractivity contribution in [3.05, 3.63) is 102 Å². The molecular weight excluding hydrogens is 342 g/mol. The summed E-state index contributed by atoms with van der Waals surface area (Å²) in [7, 11) is 2.23. The first-order chi connectivity index (χ1) is 13.8. The van der Waals surface area contributed by atoms with Crippen LogP contribution in [0.2, 0.25) is 0 Å². The van der Waals surface area contributed by atoms with E-state index in [2.05, 4.69) is 96.9 Å². The maximum atomic E-state index is 6.12. The van der Waals surface area contributed by atoms with Gasteiger partial charge in [-0.25, -0.2) is 0 Å². The van der Waals surface area contributed by atoms with Gasteiger partial charge in [0.05, 0.1) is 5.41 Å². The van der Waals surface area contributed by atoms with Gasteiger partial charge in [0, 0.05) is 12.1 Å². The third kappa shape index (κ3) is 3.98. The lowest BCUT2D eigenvalue weighted by atomic mass is 9.73. The minimum atomic E-state index is -0.0296. The summed E-state index contributed by atoms with van der Waals surface area (Å²) in [5, 5.41) is 0. The van der Waals surface area contributed by atoms with Gasteiger partial charge in [-0.3, -0.25) is 0 Å². The molecule has 3 aromatic carbocycles. The topological polar surface area (TPSA) is 12.5 Å². The standard InChI is InChI=1S/C26H29NO/c1-27(20-17-22-11-4-2-5-12-22)19-10-18-26(23-13-6-3-7-14-23)21-28-25-16-9-8-15-24(25)26/h2-9,11-16H,10,17-21H2,1H3. The van der Waals surface area contributed by atoms with Crippen molar-refractivity contribution in [1.82, 2.24) is 4.90 Å². The molecule has 1 heterocycles. The van der Waals surface area contributed by atoms with Gasteiger partial charge in [-0.2, -0.15) is 0 Å². The Balaban J connectivity index is 1.42. The van der Waals surface area contributed by atoms with Gasteiger partial charge < -0.3 is 9.64 Å². The molecule has 0 radical (unpaired) electrons.